The Balaban J connectivity index is 1.55. The molecule has 160 valence electrons. The molecule has 2 atom stereocenters. The summed E-state index contributed by atoms with van der Waals surface area (Å²) in [6.45, 7) is 3.42. The van der Waals surface area contributed by atoms with E-state index in [0.717, 1.165) is 9.87 Å². The predicted octanol–water partition coefficient (Wildman–Crippen LogP) is 0.983. The molecule has 2 heterocycles. The molecule has 2 saturated heterocycles. The highest BCUT2D eigenvalue weighted by atomic mass is 32.2. The largest absolute Gasteiger partial charge is 0.342 e. The van der Waals surface area contributed by atoms with Crippen LogP contribution in [0.15, 0.2) is 30.3 Å². The summed E-state index contributed by atoms with van der Waals surface area (Å²) in [4.78, 5) is 29.0. The molecule has 3 rings (SSSR count). The first-order valence-electron chi connectivity index (χ1n) is 10.0. The van der Waals surface area contributed by atoms with E-state index >= 15 is 0 Å². The summed E-state index contributed by atoms with van der Waals surface area (Å²) in [5, 5.41) is 0. The molecule has 0 aromatic heterocycles. The summed E-state index contributed by atoms with van der Waals surface area (Å²) >= 11 is 0. The number of rotatable bonds is 6. The van der Waals surface area contributed by atoms with Crippen molar-refractivity contribution in [3.63, 3.8) is 0 Å². The van der Waals surface area contributed by atoms with E-state index in [0.29, 0.717) is 32.5 Å². The zero-order chi connectivity index (χ0) is 21.2. The molecule has 1 aromatic rings. The van der Waals surface area contributed by atoms with Crippen LogP contribution < -0.4 is 4.72 Å². The van der Waals surface area contributed by atoms with E-state index in [4.69, 9.17) is 0 Å². The highest BCUT2D eigenvalue weighted by Gasteiger charge is 2.39. The van der Waals surface area contributed by atoms with Gasteiger partial charge in [-0.2, -0.15) is 17.4 Å². The van der Waals surface area contributed by atoms with Crippen molar-refractivity contribution in [1.82, 2.24) is 18.8 Å². The van der Waals surface area contributed by atoms with Crippen LogP contribution in [0.1, 0.15) is 37.8 Å². The lowest BCUT2D eigenvalue weighted by Gasteiger charge is -2.34. The number of carbonyl (C=O) groups is 2. The lowest BCUT2D eigenvalue weighted by Crippen LogP contribution is -2.50. The molecule has 2 fully saturated rings. The summed E-state index contributed by atoms with van der Waals surface area (Å²) in [5.41, 5.74) is 1.06. The lowest BCUT2D eigenvalue weighted by molar-refractivity contribution is -0.136. The van der Waals surface area contributed by atoms with Gasteiger partial charge in [0, 0.05) is 46.2 Å². The van der Waals surface area contributed by atoms with Crippen molar-refractivity contribution < 1.29 is 18.0 Å². The third-order valence-corrected chi connectivity index (χ3v) is 7.45. The Hall–Kier alpha value is -1.97. The Morgan fingerprint density at radius 2 is 1.79 bits per heavy atom. The second kappa shape index (κ2) is 8.81. The highest BCUT2D eigenvalue weighted by Crippen LogP contribution is 2.30. The van der Waals surface area contributed by atoms with Gasteiger partial charge in [-0.3, -0.25) is 9.59 Å². The molecule has 2 amide bonds. The number of nitrogens with zero attached hydrogens (tertiary/aromatic N) is 3. The van der Waals surface area contributed by atoms with Gasteiger partial charge in [0.25, 0.3) is 10.2 Å². The van der Waals surface area contributed by atoms with Crippen molar-refractivity contribution in [2.24, 2.45) is 5.92 Å². The number of carbonyl (C=O) groups excluding carboxylic acids is 2. The van der Waals surface area contributed by atoms with Crippen LogP contribution in [0.5, 0.6) is 0 Å². The SMILES string of the molecule is CC(c1ccccc1)N1CC(C(=O)N2CCC(NS(=O)(=O)N(C)C)CC2)CC1=O. The minimum atomic E-state index is -3.47. The predicted molar refractivity (Wildman–Crippen MR) is 110 cm³/mol. The maximum atomic E-state index is 13.0. The van der Waals surface area contributed by atoms with Crippen LogP contribution in [-0.2, 0) is 19.8 Å². The van der Waals surface area contributed by atoms with Gasteiger partial charge in [0.05, 0.1) is 12.0 Å². The van der Waals surface area contributed by atoms with Crippen LogP contribution >= 0.6 is 0 Å². The minimum absolute atomic E-state index is 0.00460. The molecular formula is C20H30N4O4S. The Labute approximate surface area is 173 Å². The summed E-state index contributed by atoms with van der Waals surface area (Å²) in [7, 11) is -0.500. The Bertz CT molecular complexity index is 835. The van der Waals surface area contributed by atoms with Gasteiger partial charge in [0.1, 0.15) is 0 Å². The third-order valence-electron chi connectivity index (χ3n) is 5.86. The van der Waals surface area contributed by atoms with Crippen LogP contribution in [-0.4, -0.2) is 74.1 Å². The standard InChI is InChI=1S/C20H30N4O4S/c1-15(16-7-5-4-6-8-16)24-14-17(13-19(24)25)20(26)23-11-9-18(10-12-23)21-29(27,28)22(2)3/h4-8,15,17-18,21H,9-14H2,1-3H3. The lowest BCUT2D eigenvalue weighted by atomic mass is 10.0. The summed E-state index contributed by atoms with van der Waals surface area (Å²) in [6, 6.07) is 9.59. The molecule has 8 nitrogen and oxygen atoms in total. The summed E-state index contributed by atoms with van der Waals surface area (Å²) < 4.78 is 27.8. The Morgan fingerprint density at radius 3 is 2.38 bits per heavy atom. The first kappa shape index (κ1) is 21.7. The zero-order valence-electron chi connectivity index (χ0n) is 17.2. The van der Waals surface area contributed by atoms with Gasteiger partial charge in [-0.1, -0.05) is 30.3 Å². The quantitative estimate of drug-likeness (QED) is 0.740. The molecule has 0 aliphatic carbocycles. The second-order valence-corrected chi connectivity index (χ2v) is 9.95. The van der Waals surface area contributed by atoms with E-state index in [1.165, 1.54) is 14.1 Å². The number of piperidine rings is 1. The molecule has 1 N–H and O–H groups in total. The van der Waals surface area contributed by atoms with E-state index in [1.807, 2.05) is 37.3 Å². The summed E-state index contributed by atoms with van der Waals surface area (Å²) in [6.07, 6.45) is 1.39. The van der Waals surface area contributed by atoms with Crippen LogP contribution in [0.2, 0.25) is 0 Å². The first-order valence-corrected chi connectivity index (χ1v) is 11.5. The van der Waals surface area contributed by atoms with Crippen molar-refractivity contribution in [1.29, 1.82) is 0 Å². The van der Waals surface area contributed by atoms with E-state index < -0.39 is 10.2 Å². The molecule has 9 heteroatoms. The molecule has 0 spiro atoms. The number of hydrogen-bond acceptors (Lipinski definition) is 4. The summed E-state index contributed by atoms with van der Waals surface area (Å²) in [5.74, 6) is -0.327. The topological polar surface area (TPSA) is 90.0 Å². The fourth-order valence-corrected chi connectivity index (χ4v) is 4.84. The Morgan fingerprint density at radius 1 is 1.17 bits per heavy atom. The average Bonchev–Trinajstić information content (AvgIpc) is 3.09. The average molecular weight is 423 g/mol. The molecule has 0 bridgehead atoms. The molecule has 0 saturated carbocycles. The van der Waals surface area contributed by atoms with Crippen LogP contribution in [0.4, 0.5) is 0 Å². The molecule has 2 aliphatic heterocycles. The van der Waals surface area contributed by atoms with Gasteiger partial charge in [-0.25, -0.2) is 0 Å². The second-order valence-electron chi connectivity index (χ2n) is 8.04. The Kier molecular flexibility index (Phi) is 6.60. The van der Waals surface area contributed by atoms with E-state index in [9.17, 15) is 18.0 Å². The maximum absolute atomic E-state index is 13.0. The minimum Gasteiger partial charge on any atom is -0.342 e. The normalized spacial score (nSPS) is 22.3. The zero-order valence-corrected chi connectivity index (χ0v) is 18.1. The number of likely N-dealkylation sites (tertiary alicyclic amines) is 2. The molecule has 0 radical (unpaired) electrons. The van der Waals surface area contributed by atoms with Crippen LogP contribution in [0.25, 0.3) is 0 Å². The van der Waals surface area contributed by atoms with E-state index in [2.05, 4.69) is 4.72 Å². The van der Waals surface area contributed by atoms with Gasteiger partial charge in [-0.05, 0) is 25.3 Å². The van der Waals surface area contributed by atoms with E-state index in [1.54, 1.807) is 9.80 Å². The fraction of sp³-hybridized carbons (Fsp3) is 0.600. The number of hydrogen-bond donors (Lipinski definition) is 1. The maximum Gasteiger partial charge on any atom is 0.279 e. The van der Waals surface area contributed by atoms with Gasteiger partial charge in [-0.15, -0.1) is 0 Å². The molecule has 2 unspecified atom stereocenters. The van der Waals surface area contributed by atoms with Crippen molar-refractivity contribution in [3.05, 3.63) is 35.9 Å². The van der Waals surface area contributed by atoms with Crippen LogP contribution in [0.3, 0.4) is 0 Å². The van der Waals surface area contributed by atoms with Crippen molar-refractivity contribution >= 4 is 22.0 Å². The van der Waals surface area contributed by atoms with Gasteiger partial charge >= 0.3 is 0 Å². The van der Waals surface area contributed by atoms with Gasteiger partial charge in [0.2, 0.25) is 11.8 Å². The van der Waals surface area contributed by atoms with Gasteiger partial charge in [0.15, 0.2) is 0 Å². The molecule has 29 heavy (non-hydrogen) atoms. The number of benzene rings is 1. The number of amides is 2. The number of nitrogens with one attached hydrogen (secondary N) is 1. The van der Waals surface area contributed by atoms with Crippen molar-refractivity contribution in [2.75, 3.05) is 33.7 Å². The monoisotopic (exact) mass is 422 g/mol. The highest BCUT2D eigenvalue weighted by molar-refractivity contribution is 7.87. The fourth-order valence-electron chi connectivity index (χ4n) is 3.97. The third kappa shape index (κ3) is 4.96. The molecule has 1 aromatic carbocycles. The smallest absolute Gasteiger partial charge is 0.279 e. The van der Waals surface area contributed by atoms with Crippen molar-refractivity contribution in [2.45, 2.75) is 38.3 Å². The van der Waals surface area contributed by atoms with Crippen LogP contribution in [0, 0.1) is 5.92 Å². The van der Waals surface area contributed by atoms with E-state index in [-0.39, 0.29) is 36.2 Å². The molecule has 2 aliphatic rings. The van der Waals surface area contributed by atoms with Crippen molar-refractivity contribution in [3.8, 4) is 0 Å². The van der Waals surface area contributed by atoms with Gasteiger partial charge < -0.3 is 9.80 Å². The molecular weight excluding hydrogens is 392 g/mol. The first-order chi connectivity index (χ1) is 13.7.